The standard InChI is InChI=1S/C13H14N2O4/c1-9(16)19-13(8-14-12(13)18)15-11(17)7-10-5-3-2-4-6-10/h2-6H,7-8H2,1H3,(H,14,18)(H,15,17). The molecule has 100 valence electrons. The summed E-state index contributed by atoms with van der Waals surface area (Å²) >= 11 is 0. The van der Waals surface area contributed by atoms with Gasteiger partial charge < -0.3 is 15.4 Å². The third kappa shape index (κ3) is 2.90. The summed E-state index contributed by atoms with van der Waals surface area (Å²) in [5.41, 5.74) is -0.727. The molecule has 1 aromatic rings. The molecular weight excluding hydrogens is 248 g/mol. The van der Waals surface area contributed by atoms with Gasteiger partial charge in [0.2, 0.25) is 5.91 Å². The molecule has 1 saturated heterocycles. The molecule has 6 nitrogen and oxygen atoms in total. The third-order valence-electron chi connectivity index (χ3n) is 2.73. The lowest BCUT2D eigenvalue weighted by Crippen LogP contribution is -2.75. The zero-order valence-corrected chi connectivity index (χ0v) is 10.4. The summed E-state index contributed by atoms with van der Waals surface area (Å²) in [6.07, 6.45) is 0.122. The molecule has 0 aromatic heterocycles. The molecule has 1 aliphatic rings. The van der Waals surface area contributed by atoms with Gasteiger partial charge in [0.1, 0.15) is 0 Å². The highest BCUT2D eigenvalue weighted by atomic mass is 16.6. The van der Waals surface area contributed by atoms with E-state index in [1.165, 1.54) is 6.92 Å². The number of carbonyl (C=O) groups excluding carboxylic acids is 3. The van der Waals surface area contributed by atoms with Gasteiger partial charge in [0.05, 0.1) is 13.0 Å². The number of hydrogen-bond acceptors (Lipinski definition) is 4. The SMILES string of the molecule is CC(=O)OC1(NC(=O)Cc2ccccc2)CNC1=O. The maximum absolute atomic E-state index is 11.9. The van der Waals surface area contributed by atoms with Crippen molar-refractivity contribution in [2.75, 3.05) is 6.54 Å². The molecule has 1 aromatic carbocycles. The third-order valence-corrected chi connectivity index (χ3v) is 2.73. The normalized spacial score (nSPS) is 21.0. The molecule has 0 radical (unpaired) electrons. The van der Waals surface area contributed by atoms with Crippen molar-refractivity contribution in [3.63, 3.8) is 0 Å². The van der Waals surface area contributed by atoms with E-state index < -0.39 is 17.6 Å². The quantitative estimate of drug-likeness (QED) is 0.444. The molecule has 0 saturated carbocycles. The van der Waals surface area contributed by atoms with Crippen LogP contribution in [0.25, 0.3) is 0 Å². The summed E-state index contributed by atoms with van der Waals surface area (Å²) in [4.78, 5) is 34.3. The molecule has 1 heterocycles. The lowest BCUT2D eigenvalue weighted by Gasteiger charge is -2.39. The average molecular weight is 262 g/mol. The summed E-state index contributed by atoms with van der Waals surface area (Å²) in [5, 5.41) is 4.91. The van der Waals surface area contributed by atoms with Crippen molar-refractivity contribution in [2.24, 2.45) is 0 Å². The number of hydrogen-bond donors (Lipinski definition) is 2. The molecule has 6 heteroatoms. The number of rotatable bonds is 4. The zero-order valence-electron chi connectivity index (χ0n) is 10.4. The molecule has 19 heavy (non-hydrogen) atoms. The van der Waals surface area contributed by atoms with E-state index >= 15 is 0 Å². The first-order valence-corrected chi connectivity index (χ1v) is 5.85. The van der Waals surface area contributed by atoms with Crippen LogP contribution in [0, 0.1) is 0 Å². The maximum Gasteiger partial charge on any atom is 0.305 e. The van der Waals surface area contributed by atoms with E-state index in [0.29, 0.717) is 0 Å². The predicted octanol–water partition coefficient (Wildman–Crippen LogP) is -0.266. The first-order valence-electron chi connectivity index (χ1n) is 5.85. The minimum Gasteiger partial charge on any atom is -0.427 e. The van der Waals surface area contributed by atoms with Crippen LogP contribution in [0.4, 0.5) is 0 Å². The first kappa shape index (κ1) is 13.1. The van der Waals surface area contributed by atoms with Gasteiger partial charge >= 0.3 is 5.97 Å². The summed E-state index contributed by atoms with van der Waals surface area (Å²) in [6.45, 7) is 1.28. The highest BCUT2D eigenvalue weighted by molar-refractivity contribution is 5.97. The summed E-state index contributed by atoms with van der Waals surface area (Å²) in [6, 6.07) is 9.10. The van der Waals surface area contributed by atoms with E-state index in [1.54, 1.807) is 12.1 Å². The van der Waals surface area contributed by atoms with Crippen LogP contribution in [0.15, 0.2) is 30.3 Å². The van der Waals surface area contributed by atoms with Gasteiger partial charge in [0.25, 0.3) is 11.6 Å². The Bertz CT molecular complexity index is 515. The van der Waals surface area contributed by atoms with Crippen molar-refractivity contribution in [1.29, 1.82) is 0 Å². The Labute approximate surface area is 110 Å². The number of carbonyl (C=O) groups is 3. The van der Waals surface area contributed by atoms with Crippen molar-refractivity contribution in [2.45, 2.75) is 19.1 Å². The molecule has 1 fully saturated rings. The molecular formula is C13H14N2O4. The van der Waals surface area contributed by atoms with Crippen LogP contribution in [-0.2, 0) is 25.5 Å². The second-order valence-electron chi connectivity index (χ2n) is 4.31. The van der Waals surface area contributed by atoms with Gasteiger partial charge in [-0.2, -0.15) is 0 Å². The smallest absolute Gasteiger partial charge is 0.305 e. The molecule has 2 N–H and O–H groups in total. The van der Waals surface area contributed by atoms with Gasteiger partial charge in [-0.15, -0.1) is 0 Å². The Morgan fingerprint density at radius 3 is 2.53 bits per heavy atom. The summed E-state index contributed by atoms with van der Waals surface area (Å²) < 4.78 is 4.91. The fourth-order valence-electron chi connectivity index (χ4n) is 1.83. The number of ether oxygens (including phenoxy) is 1. The minimum absolute atomic E-state index is 0.0892. The molecule has 1 atom stereocenters. The van der Waals surface area contributed by atoms with Crippen LogP contribution in [0.5, 0.6) is 0 Å². The second-order valence-corrected chi connectivity index (χ2v) is 4.31. The molecule has 0 spiro atoms. The fraction of sp³-hybridized carbons (Fsp3) is 0.308. The Hall–Kier alpha value is -2.37. The number of amides is 2. The van der Waals surface area contributed by atoms with Gasteiger partial charge in [0.15, 0.2) is 0 Å². The van der Waals surface area contributed by atoms with Crippen LogP contribution < -0.4 is 10.6 Å². The van der Waals surface area contributed by atoms with Crippen molar-refractivity contribution in [3.05, 3.63) is 35.9 Å². The van der Waals surface area contributed by atoms with E-state index in [1.807, 2.05) is 18.2 Å². The van der Waals surface area contributed by atoms with Crippen molar-refractivity contribution in [3.8, 4) is 0 Å². The molecule has 2 amide bonds. The van der Waals surface area contributed by atoms with E-state index in [0.717, 1.165) is 5.56 Å². The Morgan fingerprint density at radius 2 is 2.05 bits per heavy atom. The molecule has 2 rings (SSSR count). The van der Waals surface area contributed by atoms with Crippen LogP contribution >= 0.6 is 0 Å². The summed E-state index contributed by atoms with van der Waals surface area (Å²) in [5.74, 6) is -1.50. The van der Waals surface area contributed by atoms with E-state index in [9.17, 15) is 14.4 Å². The zero-order chi connectivity index (χ0) is 13.9. The van der Waals surface area contributed by atoms with Gasteiger partial charge in [-0.1, -0.05) is 30.3 Å². The monoisotopic (exact) mass is 262 g/mol. The van der Waals surface area contributed by atoms with Crippen molar-refractivity contribution >= 4 is 17.8 Å². The average Bonchev–Trinajstić information content (AvgIpc) is 2.36. The topological polar surface area (TPSA) is 84.5 Å². The van der Waals surface area contributed by atoms with Crippen molar-refractivity contribution < 1.29 is 19.1 Å². The fourth-order valence-corrected chi connectivity index (χ4v) is 1.83. The lowest BCUT2D eigenvalue weighted by molar-refractivity contribution is -0.182. The predicted molar refractivity (Wildman–Crippen MR) is 65.8 cm³/mol. The molecule has 1 aliphatic heterocycles. The highest BCUT2D eigenvalue weighted by Gasteiger charge is 2.51. The minimum atomic E-state index is -1.54. The van der Waals surface area contributed by atoms with Gasteiger partial charge in [-0.05, 0) is 5.56 Å². The maximum atomic E-state index is 11.9. The highest BCUT2D eigenvalue weighted by Crippen LogP contribution is 2.15. The number of benzene rings is 1. The number of esters is 1. The first-order chi connectivity index (χ1) is 9.02. The second kappa shape index (κ2) is 5.09. The van der Waals surface area contributed by atoms with E-state index in [4.69, 9.17) is 4.74 Å². The van der Waals surface area contributed by atoms with Gasteiger partial charge in [-0.3, -0.25) is 14.4 Å². The van der Waals surface area contributed by atoms with Gasteiger partial charge in [-0.25, -0.2) is 0 Å². The number of nitrogens with one attached hydrogen (secondary N) is 2. The molecule has 1 unspecified atom stereocenters. The lowest BCUT2D eigenvalue weighted by atomic mass is 10.1. The largest absolute Gasteiger partial charge is 0.427 e. The summed E-state index contributed by atoms with van der Waals surface area (Å²) in [7, 11) is 0. The van der Waals surface area contributed by atoms with E-state index in [2.05, 4.69) is 10.6 Å². The van der Waals surface area contributed by atoms with Crippen LogP contribution in [-0.4, -0.2) is 30.1 Å². The molecule has 0 aliphatic carbocycles. The molecule has 0 bridgehead atoms. The van der Waals surface area contributed by atoms with Crippen molar-refractivity contribution in [1.82, 2.24) is 10.6 Å². The number of β-lactam (4-membered cyclic amide) rings is 1. The van der Waals surface area contributed by atoms with Crippen LogP contribution in [0.3, 0.4) is 0 Å². The Kier molecular flexibility index (Phi) is 3.50. The van der Waals surface area contributed by atoms with Crippen LogP contribution in [0.1, 0.15) is 12.5 Å². The Balaban J connectivity index is 2.00. The van der Waals surface area contributed by atoms with Gasteiger partial charge in [0, 0.05) is 6.92 Å². The Morgan fingerprint density at radius 1 is 1.37 bits per heavy atom. The van der Waals surface area contributed by atoms with E-state index in [-0.39, 0.29) is 18.9 Å². The van der Waals surface area contributed by atoms with Crippen LogP contribution in [0.2, 0.25) is 0 Å².